The minimum absolute atomic E-state index is 0. The Bertz CT molecular complexity index is 418. The van der Waals surface area contributed by atoms with E-state index in [0.29, 0.717) is 12.6 Å². The molecule has 1 atom stereocenters. The second-order valence-electron chi connectivity index (χ2n) is 4.89. The molecule has 0 aromatic carbocycles. The van der Waals surface area contributed by atoms with E-state index in [1.165, 1.54) is 0 Å². The summed E-state index contributed by atoms with van der Waals surface area (Å²) in [4.78, 5) is 10.7. The maximum Gasteiger partial charge on any atom is 0.191 e. The number of hydrogen-bond donors (Lipinski definition) is 2. The number of halogens is 1. The normalized spacial score (nSPS) is 13.0. The summed E-state index contributed by atoms with van der Waals surface area (Å²) in [7, 11) is 5.79. The topological polar surface area (TPSA) is 70.4 Å². The van der Waals surface area contributed by atoms with Crippen LogP contribution in [0.5, 0.6) is 0 Å². The van der Waals surface area contributed by atoms with E-state index in [4.69, 9.17) is 0 Å². The molecule has 0 saturated carbocycles. The number of guanidine groups is 1. The lowest BCUT2D eigenvalue weighted by atomic mass is 10.2. The quantitative estimate of drug-likeness (QED) is 0.397. The molecule has 1 heterocycles. The van der Waals surface area contributed by atoms with E-state index in [0.717, 1.165) is 31.3 Å². The van der Waals surface area contributed by atoms with Gasteiger partial charge in [-0.2, -0.15) is 5.10 Å². The summed E-state index contributed by atoms with van der Waals surface area (Å²) in [6, 6.07) is 0.602. The molecule has 7 nitrogen and oxygen atoms in total. The van der Waals surface area contributed by atoms with E-state index in [9.17, 15) is 0 Å². The van der Waals surface area contributed by atoms with E-state index in [1.54, 1.807) is 18.1 Å². The average molecular weight is 409 g/mol. The third-order valence-corrected chi connectivity index (χ3v) is 3.54. The second kappa shape index (κ2) is 10.8. The number of hydrogen-bond acceptors (Lipinski definition) is 4. The molecule has 1 unspecified atom stereocenters. The number of nitrogens with one attached hydrogen (secondary N) is 2. The molecule has 0 aliphatic rings. The van der Waals surface area contributed by atoms with Gasteiger partial charge in [-0.1, -0.05) is 6.92 Å². The van der Waals surface area contributed by atoms with E-state index in [-0.39, 0.29) is 24.0 Å². The van der Waals surface area contributed by atoms with Crippen LogP contribution in [0.25, 0.3) is 0 Å². The van der Waals surface area contributed by atoms with Crippen molar-refractivity contribution in [1.29, 1.82) is 0 Å². The number of aliphatic imine (C=N–C) groups is 1. The van der Waals surface area contributed by atoms with Crippen LogP contribution in [0.4, 0.5) is 0 Å². The molecule has 0 fully saturated rings. The Balaban J connectivity index is 0.00000400. The van der Waals surface area contributed by atoms with Crippen LogP contribution in [0.1, 0.15) is 26.1 Å². The number of rotatable bonds is 7. The molecule has 0 saturated heterocycles. The maximum atomic E-state index is 4.20. The molecule has 8 heteroatoms. The zero-order valence-corrected chi connectivity index (χ0v) is 16.0. The highest BCUT2D eigenvalue weighted by Gasteiger charge is 2.06. The van der Waals surface area contributed by atoms with Gasteiger partial charge in [0.1, 0.15) is 12.2 Å². The molecule has 0 aliphatic carbocycles. The van der Waals surface area contributed by atoms with Gasteiger partial charge in [-0.05, 0) is 20.4 Å². The maximum absolute atomic E-state index is 4.20. The zero-order chi connectivity index (χ0) is 15.0. The van der Waals surface area contributed by atoms with Crippen molar-refractivity contribution >= 4 is 29.9 Å². The largest absolute Gasteiger partial charge is 0.355 e. The molecule has 0 bridgehead atoms. The Morgan fingerprint density at radius 1 is 1.48 bits per heavy atom. The van der Waals surface area contributed by atoms with Crippen LogP contribution in [-0.2, 0) is 13.6 Å². The predicted octanol–water partition coefficient (Wildman–Crippen LogP) is 0.828. The van der Waals surface area contributed by atoms with Crippen molar-refractivity contribution in [3.05, 3.63) is 12.2 Å². The minimum Gasteiger partial charge on any atom is -0.355 e. The average Bonchev–Trinajstić information content (AvgIpc) is 2.86. The van der Waals surface area contributed by atoms with Crippen molar-refractivity contribution in [3.8, 4) is 0 Å². The van der Waals surface area contributed by atoms with Crippen LogP contribution in [0.15, 0.2) is 11.3 Å². The number of likely N-dealkylation sites (N-methyl/N-ethyl adjacent to an activating group) is 1. The van der Waals surface area contributed by atoms with Crippen molar-refractivity contribution in [1.82, 2.24) is 30.3 Å². The Hall–Kier alpha value is -0.900. The lowest BCUT2D eigenvalue weighted by Gasteiger charge is -2.23. The van der Waals surface area contributed by atoms with Crippen LogP contribution in [-0.4, -0.2) is 58.9 Å². The lowest BCUT2D eigenvalue weighted by Crippen LogP contribution is -2.42. The van der Waals surface area contributed by atoms with Gasteiger partial charge in [0.05, 0.1) is 6.54 Å². The third-order valence-electron chi connectivity index (χ3n) is 3.54. The summed E-state index contributed by atoms with van der Waals surface area (Å²) < 4.78 is 1.75. The van der Waals surface area contributed by atoms with Gasteiger partial charge < -0.3 is 15.5 Å². The predicted molar refractivity (Wildman–Crippen MR) is 97.0 cm³/mol. The van der Waals surface area contributed by atoms with Gasteiger partial charge in [-0.15, -0.1) is 24.0 Å². The lowest BCUT2D eigenvalue weighted by molar-refractivity contribution is 0.255. The van der Waals surface area contributed by atoms with Crippen molar-refractivity contribution in [3.63, 3.8) is 0 Å². The Kier molecular flexibility index (Phi) is 10.3. The van der Waals surface area contributed by atoms with Crippen LogP contribution < -0.4 is 10.6 Å². The summed E-state index contributed by atoms with van der Waals surface area (Å²) in [5, 5.41) is 10.6. The molecule has 0 radical (unpaired) electrons. The van der Waals surface area contributed by atoms with Crippen LogP contribution >= 0.6 is 24.0 Å². The summed E-state index contributed by atoms with van der Waals surface area (Å²) in [5.74, 6) is 1.66. The fourth-order valence-corrected chi connectivity index (χ4v) is 1.75. The van der Waals surface area contributed by atoms with Crippen molar-refractivity contribution in [2.45, 2.75) is 32.9 Å². The number of nitrogens with zero attached hydrogens (tertiary/aromatic N) is 5. The van der Waals surface area contributed by atoms with Crippen LogP contribution in [0, 0.1) is 0 Å². The highest BCUT2D eigenvalue weighted by molar-refractivity contribution is 14.0. The third kappa shape index (κ3) is 7.07. The van der Waals surface area contributed by atoms with Crippen molar-refractivity contribution in [2.75, 3.05) is 27.2 Å². The van der Waals surface area contributed by atoms with Gasteiger partial charge in [0.15, 0.2) is 5.96 Å². The van der Waals surface area contributed by atoms with E-state index in [1.807, 2.05) is 7.05 Å². The molecule has 0 amide bonds. The van der Waals surface area contributed by atoms with Gasteiger partial charge in [-0.3, -0.25) is 9.67 Å². The molecular formula is C13H28IN7. The second-order valence-corrected chi connectivity index (χ2v) is 4.89. The smallest absolute Gasteiger partial charge is 0.191 e. The first-order chi connectivity index (χ1) is 9.58. The summed E-state index contributed by atoms with van der Waals surface area (Å²) >= 11 is 0. The van der Waals surface area contributed by atoms with E-state index >= 15 is 0 Å². The molecule has 122 valence electrons. The molecule has 1 aromatic heterocycles. The first-order valence-electron chi connectivity index (χ1n) is 7.06. The Labute approximate surface area is 144 Å². The molecule has 0 aliphatic heterocycles. The van der Waals surface area contributed by atoms with Crippen LogP contribution in [0.2, 0.25) is 0 Å². The fourth-order valence-electron chi connectivity index (χ4n) is 1.75. The monoisotopic (exact) mass is 409 g/mol. The molecule has 1 rings (SSSR count). The van der Waals surface area contributed by atoms with E-state index in [2.05, 4.69) is 51.5 Å². The molecule has 2 N–H and O–H groups in total. The minimum atomic E-state index is 0. The SMILES string of the molecule is CCC(C)N(C)CCNC(=NC)NCc1ncnn1C.I. The summed E-state index contributed by atoms with van der Waals surface area (Å²) in [6.07, 6.45) is 2.71. The first kappa shape index (κ1) is 20.1. The first-order valence-corrected chi connectivity index (χ1v) is 7.06. The molecule has 0 spiro atoms. The standard InChI is InChI=1S/C13H27N7.HI/c1-6-11(2)19(4)8-7-15-13(14-3)16-9-12-17-10-18-20(12)5;/h10-11H,6-9H2,1-5H3,(H2,14,15,16);1H. The van der Waals surface area contributed by atoms with Gasteiger partial charge in [-0.25, -0.2) is 4.98 Å². The number of aryl methyl sites for hydroxylation is 1. The highest BCUT2D eigenvalue weighted by Crippen LogP contribution is 1.98. The molecule has 1 aromatic rings. The fraction of sp³-hybridized carbons (Fsp3) is 0.769. The van der Waals surface area contributed by atoms with Crippen LogP contribution in [0.3, 0.4) is 0 Å². The zero-order valence-electron chi connectivity index (χ0n) is 13.6. The highest BCUT2D eigenvalue weighted by atomic mass is 127. The van der Waals surface area contributed by atoms with Crippen molar-refractivity contribution in [2.24, 2.45) is 12.0 Å². The Morgan fingerprint density at radius 2 is 2.19 bits per heavy atom. The summed E-state index contributed by atoms with van der Waals surface area (Å²) in [6.45, 7) is 6.90. The molecule has 21 heavy (non-hydrogen) atoms. The van der Waals surface area contributed by atoms with Gasteiger partial charge in [0.2, 0.25) is 0 Å². The van der Waals surface area contributed by atoms with E-state index < -0.39 is 0 Å². The van der Waals surface area contributed by atoms with Crippen molar-refractivity contribution < 1.29 is 0 Å². The van der Waals surface area contributed by atoms with Gasteiger partial charge in [0, 0.05) is 33.2 Å². The number of aromatic nitrogens is 3. The van der Waals surface area contributed by atoms with Gasteiger partial charge in [0.25, 0.3) is 0 Å². The Morgan fingerprint density at radius 3 is 2.71 bits per heavy atom. The molecular weight excluding hydrogens is 381 g/mol. The van der Waals surface area contributed by atoms with Gasteiger partial charge >= 0.3 is 0 Å². The summed E-state index contributed by atoms with van der Waals surface area (Å²) in [5.41, 5.74) is 0.